The van der Waals surface area contributed by atoms with Gasteiger partial charge in [-0.25, -0.2) is 4.79 Å². The van der Waals surface area contributed by atoms with Gasteiger partial charge in [0.2, 0.25) is 0 Å². The van der Waals surface area contributed by atoms with E-state index >= 15 is 0 Å². The number of hydrogen-bond donors (Lipinski definition) is 1. The van der Waals surface area contributed by atoms with Crippen molar-refractivity contribution in [2.45, 2.75) is 31.2 Å². The van der Waals surface area contributed by atoms with E-state index in [0.717, 1.165) is 12.8 Å². The number of esters is 1. The Morgan fingerprint density at radius 2 is 1.91 bits per heavy atom. The minimum atomic E-state index is -0.802. The Bertz CT molecular complexity index is 583. The number of nitrogens with one attached hydrogen (secondary N) is 1. The van der Waals surface area contributed by atoms with E-state index < -0.39 is 24.0 Å². The van der Waals surface area contributed by atoms with Crippen LogP contribution in [0.3, 0.4) is 0 Å². The van der Waals surface area contributed by atoms with Crippen molar-refractivity contribution in [1.82, 2.24) is 5.32 Å². The van der Waals surface area contributed by atoms with Crippen molar-refractivity contribution < 1.29 is 19.1 Å². The molecule has 0 aromatic heterocycles. The molecule has 0 aliphatic heterocycles. The molecule has 2 rings (SSSR count). The Morgan fingerprint density at radius 1 is 1.27 bits per heavy atom. The number of methoxy groups -OCH3 is 1. The fraction of sp³-hybridized carbons (Fsp3) is 0.438. The Hall–Kier alpha value is -2.55. The van der Waals surface area contributed by atoms with E-state index in [1.54, 1.807) is 24.3 Å². The van der Waals surface area contributed by atoms with Crippen LogP contribution in [0.1, 0.15) is 36.0 Å². The molecule has 0 atom stereocenters. The summed E-state index contributed by atoms with van der Waals surface area (Å²) in [6, 6.07) is 8.56. The zero-order chi connectivity index (χ0) is 16.0. The summed E-state index contributed by atoms with van der Waals surface area (Å²) >= 11 is 0. The van der Waals surface area contributed by atoms with Gasteiger partial charge in [-0.2, -0.15) is 5.26 Å². The minimum Gasteiger partial charge on any atom is -0.497 e. The first-order chi connectivity index (χ1) is 10.6. The van der Waals surface area contributed by atoms with Gasteiger partial charge in [-0.1, -0.05) is 0 Å². The highest BCUT2D eigenvalue weighted by molar-refractivity contribution is 5.91. The number of amides is 1. The van der Waals surface area contributed by atoms with E-state index in [2.05, 4.69) is 11.4 Å². The second-order valence-corrected chi connectivity index (χ2v) is 5.25. The Labute approximate surface area is 129 Å². The maximum absolute atomic E-state index is 11.8. The number of carbonyl (C=O) groups excluding carboxylic acids is 2. The molecule has 0 radical (unpaired) electrons. The van der Waals surface area contributed by atoms with Crippen molar-refractivity contribution in [3.05, 3.63) is 29.8 Å². The lowest BCUT2D eigenvalue weighted by atomic mass is 10.00. The van der Waals surface area contributed by atoms with E-state index in [1.165, 1.54) is 7.11 Å². The lowest BCUT2D eigenvalue weighted by Gasteiger charge is -2.21. The minimum absolute atomic E-state index is 0.337. The lowest BCUT2D eigenvalue weighted by Crippen LogP contribution is -2.46. The Balaban J connectivity index is 1.85. The molecule has 0 saturated heterocycles. The largest absolute Gasteiger partial charge is 0.497 e. The standard InChI is InChI=1S/C16H18N2O4/c1-21-13-6-4-12(5-7-13)15(20)22-10-14(19)18-16(11-17)8-2-3-9-16/h4-7H,2-3,8-10H2,1H3,(H,18,19). The zero-order valence-electron chi connectivity index (χ0n) is 12.4. The van der Waals surface area contributed by atoms with E-state index in [-0.39, 0.29) is 0 Å². The van der Waals surface area contributed by atoms with Crippen LogP contribution >= 0.6 is 0 Å². The molecule has 1 N–H and O–H groups in total. The summed E-state index contributed by atoms with van der Waals surface area (Å²) in [5.41, 5.74) is -0.465. The molecule has 1 fully saturated rings. The predicted octanol–water partition coefficient (Wildman–Crippen LogP) is 1.80. The topological polar surface area (TPSA) is 88.4 Å². The second-order valence-electron chi connectivity index (χ2n) is 5.25. The van der Waals surface area contributed by atoms with Crippen LogP contribution in [-0.2, 0) is 9.53 Å². The number of nitrogens with zero attached hydrogens (tertiary/aromatic N) is 1. The maximum Gasteiger partial charge on any atom is 0.338 e. The van der Waals surface area contributed by atoms with Crippen LogP contribution < -0.4 is 10.1 Å². The summed E-state index contributed by atoms with van der Waals surface area (Å²) in [5, 5.41) is 11.9. The third-order valence-corrected chi connectivity index (χ3v) is 3.71. The van der Waals surface area contributed by atoms with Gasteiger partial charge < -0.3 is 14.8 Å². The molecule has 6 nitrogen and oxygen atoms in total. The van der Waals surface area contributed by atoms with Crippen LogP contribution in [-0.4, -0.2) is 31.1 Å². The van der Waals surface area contributed by atoms with Crippen LogP contribution in [0, 0.1) is 11.3 Å². The maximum atomic E-state index is 11.8. The highest BCUT2D eigenvalue weighted by Gasteiger charge is 2.35. The highest BCUT2D eigenvalue weighted by Crippen LogP contribution is 2.28. The first-order valence-corrected chi connectivity index (χ1v) is 7.12. The fourth-order valence-corrected chi connectivity index (χ4v) is 2.49. The van der Waals surface area contributed by atoms with Gasteiger partial charge in [0.15, 0.2) is 6.61 Å². The summed E-state index contributed by atoms with van der Waals surface area (Å²) in [4.78, 5) is 23.7. The third-order valence-electron chi connectivity index (χ3n) is 3.71. The van der Waals surface area contributed by atoms with Crippen molar-refractivity contribution >= 4 is 11.9 Å². The molecule has 6 heteroatoms. The molecule has 0 bridgehead atoms. The van der Waals surface area contributed by atoms with E-state index in [1.807, 2.05) is 0 Å². The van der Waals surface area contributed by atoms with E-state index in [4.69, 9.17) is 9.47 Å². The summed E-state index contributed by atoms with van der Waals surface area (Å²) < 4.78 is 9.96. The van der Waals surface area contributed by atoms with Gasteiger partial charge in [-0.05, 0) is 49.9 Å². The van der Waals surface area contributed by atoms with Gasteiger partial charge >= 0.3 is 5.97 Å². The van der Waals surface area contributed by atoms with Crippen LogP contribution in [0.15, 0.2) is 24.3 Å². The van der Waals surface area contributed by atoms with Crippen molar-refractivity contribution in [1.29, 1.82) is 5.26 Å². The van der Waals surface area contributed by atoms with Gasteiger partial charge in [0.1, 0.15) is 11.3 Å². The summed E-state index contributed by atoms with van der Waals surface area (Å²) in [6.07, 6.45) is 3.11. The summed E-state index contributed by atoms with van der Waals surface area (Å²) in [5.74, 6) is -0.410. The fourth-order valence-electron chi connectivity index (χ4n) is 2.49. The second kappa shape index (κ2) is 6.94. The van der Waals surface area contributed by atoms with Crippen molar-refractivity contribution in [3.8, 4) is 11.8 Å². The molecule has 22 heavy (non-hydrogen) atoms. The number of nitriles is 1. The quantitative estimate of drug-likeness (QED) is 0.838. The van der Waals surface area contributed by atoms with Gasteiger partial charge in [-0.15, -0.1) is 0 Å². The van der Waals surface area contributed by atoms with Crippen LogP contribution in [0.25, 0.3) is 0 Å². The third kappa shape index (κ3) is 3.76. The normalized spacial score (nSPS) is 15.6. The molecule has 1 aliphatic rings. The molecule has 1 aromatic rings. The average molecular weight is 302 g/mol. The monoisotopic (exact) mass is 302 g/mol. The molecule has 1 amide bonds. The van der Waals surface area contributed by atoms with Gasteiger partial charge in [0.05, 0.1) is 18.7 Å². The molecular weight excluding hydrogens is 284 g/mol. The first kappa shape index (κ1) is 15.8. The average Bonchev–Trinajstić information content (AvgIpc) is 3.01. The Kier molecular flexibility index (Phi) is 4.99. The van der Waals surface area contributed by atoms with Crippen molar-refractivity contribution in [3.63, 3.8) is 0 Å². The van der Waals surface area contributed by atoms with Crippen LogP contribution in [0.2, 0.25) is 0 Å². The van der Waals surface area contributed by atoms with Gasteiger partial charge in [-0.3, -0.25) is 4.79 Å². The summed E-state index contributed by atoms with van der Waals surface area (Å²) in [7, 11) is 1.53. The summed E-state index contributed by atoms with van der Waals surface area (Å²) in [6.45, 7) is -0.395. The first-order valence-electron chi connectivity index (χ1n) is 7.12. The molecule has 116 valence electrons. The van der Waals surface area contributed by atoms with E-state index in [0.29, 0.717) is 24.2 Å². The zero-order valence-corrected chi connectivity index (χ0v) is 12.4. The number of benzene rings is 1. The molecule has 1 aliphatic carbocycles. The van der Waals surface area contributed by atoms with Crippen LogP contribution in [0.4, 0.5) is 0 Å². The van der Waals surface area contributed by atoms with Crippen molar-refractivity contribution in [2.75, 3.05) is 13.7 Å². The van der Waals surface area contributed by atoms with Crippen LogP contribution in [0.5, 0.6) is 5.75 Å². The number of hydrogen-bond acceptors (Lipinski definition) is 5. The lowest BCUT2D eigenvalue weighted by molar-refractivity contribution is -0.125. The van der Waals surface area contributed by atoms with E-state index in [9.17, 15) is 14.9 Å². The molecule has 0 heterocycles. The molecular formula is C16H18N2O4. The molecule has 0 spiro atoms. The van der Waals surface area contributed by atoms with Gasteiger partial charge in [0, 0.05) is 0 Å². The smallest absolute Gasteiger partial charge is 0.338 e. The molecule has 0 unspecified atom stereocenters. The SMILES string of the molecule is COc1ccc(C(=O)OCC(=O)NC2(C#N)CCCC2)cc1. The number of carbonyl (C=O) groups is 2. The molecule has 1 saturated carbocycles. The highest BCUT2D eigenvalue weighted by atomic mass is 16.5. The van der Waals surface area contributed by atoms with Gasteiger partial charge in [0.25, 0.3) is 5.91 Å². The Morgan fingerprint density at radius 3 is 2.45 bits per heavy atom. The predicted molar refractivity (Wildman–Crippen MR) is 78.2 cm³/mol. The van der Waals surface area contributed by atoms with Crippen molar-refractivity contribution in [2.24, 2.45) is 0 Å². The number of ether oxygens (including phenoxy) is 2. The molecule has 1 aromatic carbocycles. The number of rotatable bonds is 5.